The molecular weight excluding hydrogens is 618 g/mol. The van der Waals surface area contributed by atoms with Gasteiger partial charge >= 0.3 is 19.9 Å². The second-order valence-electron chi connectivity index (χ2n) is 10.00. The Labute approximate surface area is 260 Å². The Bertz CT molecular complexity index is 1260. The zero-order valence-electron chi connectivity index (χ0n) is 25.3. The first kappa shape index (κ1) is 37.7. The summed E-state index contributed by atoms with van der Waals surface area (Å²) < 4.78 is 67.4. The number of benzene rings is 2. The van der Waals surface area contributed by atoms with E-state index in [4.69, 9.17) is 13.8 Å². The van der Waals surface area contributed by atoms with Crippen molar-refractivity contribution in [2.45, 2.75) is 64.4 Å². The van der Waals surface area contributed by atoms with Crippen LogP contribution in [0.1, 0.15) is 49.8 Å². The number of unbranched alkanes of at least 4 members (excludes halogenated alkanes) is 1. The van der Waals surface area contributed by atoms with Gasteiger partial charge in [0.1, 0.15) is 18.8 Å². The molecular formula is C30H41F3N3O8P. The molecule has 2 aromatic rings. The molecule has 45 heavy (non-hydrogen) atoms. The fourth-order valence-electron chi connectivity index (χ4n) is 4.25. The number of halogens is 3. The third-order valence-corrected chi connectivity index (χ3v) is 8.33. The molecule has 2 atom stereocenters. The van der Waals surface area contributed by atoms with Crippen LogP contribution in [0, 0.1) is 0 Å². The number of nitrogens with one attached hydrogen (secondary N) is 3. The van der Waals surface area contributed by atoms with Gasteiger partial charge in [-0.05, 0) is 56.7 Å². The molecule has 3 amide bonds. The zero-order chi connectivity index (χ0) is 33.3. The lowest BCUT2D eigenvalue weighted by molar-refractivity contribution is -0.137. The van der Waals surface area contributed by atoms with E-state index in [0.29, 0.717) is 12.8 Å². The van der Waals surface area contributed by atoms with Crippen LogP contribution in [0.3, 0.4) is 0 Å². The molecule has 0 bridgehead atoms. The highest BCUT2D eigenvalue weighted by Gasteiger charge is 2.31. The molecule has 0 aromatic heterocycles. The Morgan fingerprint density at radius 2 is 1.60 bits per heavy atom. The predicted octanol–water partition coefficient (Wildman–Crippen LogP) is 4.57. The maximum absolute atomic E-state index is 13.2. The highest BCUT2D eigenvalue weighted by atomic mass is 31.2. The smallest absolute Gasteiger partial charge is 0.416 e. The summed E-state index contributed by atoms with van der Waals surface area (Å²) in [7, 11) is -3.56. The Morgan fingerprint density at radius 1 is 0.933 bits per heavy atom. The summed E-state index contributed by atoms with van der Waals surface area (Å²) in [6, 6.07) is 11.4. The number of alkyl halides is 3. The Balaban J connectivity index is 1.99. The number of hydrogen-bond acceptors (Lipinski definition) is 8. The van der Waals surface area contributed by atoms with Crippen LogP contribution in [0.15, 0.2) is 54.6 Å². The summed E-state index contributed by atoms with van der Waals surface area (Å²) in [5.74, 6) is -1.20. The molecule has 2 rings (SSSR count). The van der Waals surface area contributed by atoms with Crippen LogP contribution < -0.4 is 16.0 Å². The highest BCUT2D eigenvalue weighted by Crippen LogP contribution is 2.47. The monoisotopic (exact) mass is 659 g/mol. The molecule has 0 fully saturated rings. The maximum Gasteiger partial charge on any atom is 0.416 e. The van der Waals surface area contributed by atoms with E-state index < -0.39 is 62.1 Å². The van der Waals surface area contributed by atoms with E-state index in [1.807, 2.05) is 0 Å². The topological polar surface area (TPSA) is 152 Å². The van der Waals surface area contributed by atoms with Crippen LogP contribution in [-0.4, -0.2) is 67.6 Å². The molecule has 0 spiro atoms. The summed E-state index contributed by atoms with van der Waals surface area (Å²) >= 11 is 0. The SMILES string of the molecule is CCOP(=O)(CC(=O)NCCCCC(NC(=O)OCc1ccccc1)C(=O)N[C@H](CO)Cc1cccc(C(F)(F)F)c1)OCC. The van der Waals surface area contributed by atoms with Gasteiger partial charge in [0, 0.05) is 6.54 Å². The molecule has 0 saturated heterocycles. The van der Waals surface area contributed by atoms with Crippen LogP contribution in [0.2, 0.25) is 0 Å². The number of aliphatic hydroxyl groups excluding tert-OH is 1. The third kappa shape index (κ3) is 14.5. The van der Waals surface area contributed by atoms with E-state index in [9.17, 15) is 37.2 Å². The van der Waals surface area contributed by atoms with Crippen LogP contribution in [0.5, 0.6) is 0 Å². The van der Waals surface area contributed by atoms with Crippen LogP contribution in [-0.2, 0) is 47.1 Å². The minimum Gasteiger partial charge on any atom is -0.445 e. The molecule has 2 aromatic carbocycles. The Morgan fingerprint density at radius 3 is 2.22 bits per heavy atom. The normalized spacial score (nSPS) is 13.0. The lowest BCUT2D eigenvalue weighted by Crippen LogP contribution is -2.51. The summed E-state index contributed by atoms with van der Waals surface area (Å²) in [6.07, 6.45) is -5.09. The molecule has 0 aliphatic heterocycles. The molecule has 0 aliphatic rings. The number of alkyl carbamates (subject to hydrolysis) is 1. The lowest BCUT2D eigenvalue weighted by Gasteiger charge is -2.23. The van der Waals surface area contributed by atoms with E-state index >= 15 is 0 Å². The van der Waals surface area contributed by atoms with Crippen molar-refractivity contribution >= 4 is 25.5 Å². The first-order chi connectivity index (χ1) is 21.4. The molecule has 0 heterocycles. The van der Waals surface area contributed by atoms with E-state index in [1.54, 1.807) is 44.2 Å². The zero-order valence-corrected chi connectivity index (χ0v) is 26.2. The quantitative estimate of drug-likeness (QED) is 0.126. The van der Waals surface area contributed by atoms with Gasteiger partial charge in [-0.15, -0.1) is 0 Å². The summed E-state index contributed by atoms with van der Waals surface area (Å²) in [6.45, 7) is 3.07. The third-order valence-electron chi connectivity index (χ3n) is 6.36. The molecule has 1 unspecified atom stereocenters. The number of aliphatic hydroxyl groups is 1. The van der Waals surface area contributed by atoms with E-state index in [1.165, 1.54) is 12.1 Å². The molecule has 0 saturated carbocycles. The van der Waals surface area contributed by atoms with Gasteiger partial charge in [-0.2, -0.15) is 13.2 Å². The molecule has 4 N–H and O–H groups in total. The van der Waals surface area contributed by atoms with Gasteiger partial charge in [0.05, 0.1) is 31.4 Å². The average Bonchev–Trinajstić information content (AvgIpc) is 2.99. The number of carbonyl (C=O) groups is 3. The summed E-state index contributed by atoms with van der Waals surface area (Å²) in [5.41, 5.74) is 0.128. The fourth-order valence-corrected chi connectivity index (χ4v) is 5.76. The van der Waals surface area contributed by atoms with Gasteiger partial charge in [0.15, 0.2) is 0 Å². The average molecular weight is 660 g/mol. The largest absolute Gasteiger partial charge is 0.445 e. The number of hydrogen-bond donors (Lipinski definition) is 4. The van der Waals surface area contributed by atoms with Crippen molar-refractivity contribution in [2.75, 3.05) is 32.5 Å². The molecule has 15 heteroatoms. The number of carbonyl (C=O) groups excluding carboxylic acids is 3. The van der Waals surface area contributed by atoms with Gasteiger partial charge in [-0.25, -0.2) is 4.79 Å². The van der Waals surface area contributed by atoms with Crippen molar-refractivity contribution in [1.82, 2.24) is 16.0 Å². The van der Waals surface area contributed by atoms with Crippen molar-refractivity contribution in [3.8, 4) is 0 Å². The van der Waals surface area contributed by atoms with Crippen LogP contribution >= 0.6 is 7.60 Å². The minimum absolute atomic E-state index is 0.0464. The first-order valence-corrected chi connectivity index (χ1v) is 16.3. The van der Waals surface area contributed by atoms with Crippen molar-refractivity contribution in [1.29, 1.82) is 0 Å². The standard InChI is InChI=1S/C30H41F3N3O8P/c1-3-43-45(41,44-4-2)21-27(38)34-16-9-8-15-26(36-29(40)42-20-22-11-6-5-7-12-22)28(39)35-25(19-37)18-23-13-10-14-24(17-23)30(31,32)33/h5-7,10-14,17,25-26,37H,3-4,8-9,15-16,18-21H2,1-2H3,(H,34,38)(H,35,39)(H,36,40)/t25-,26?/m0/s1. The number of amides is 3. The van der Waals surface area contributed by atoms with Gasteiger partial charge < -0.3 is 34.8 Å². The van der Waals surface area contributed by atoms with Crippen molar-refractivity contribution in [3.05, 3.63) is 71.3 Å². The summed E-state index contributed by atoms with van der Waals surface area (Å²) in [5, 5.41) is 17.6. The van der Waals surface area contributed by atoms with E-state index in [2.05, 4.69) is 16.0 Å². The highest BCUT2D eigenvalue weighted by molar-refractivity contribution is 7.54. The fraction of sp³-hybridized carbons (Fsp3) is 0.500. The van der Waals surface area contributed by atoms with Gasteiger partial charge in [-0.1, -0.05) is 48.5 Å². The van der Waals surface area contributed by atoms with Gasteiger partial charge in [0.25, 0.3) is 0 Å². The Hall–Kier alpha value is -3.45. The van der Waals surface area contributed by atoms with Gasteiger partial charge in [-0.3, -0.25) is 14.2 Å². The van der Waals surface area contributed by atoms with E-state index in [0.717, 1.165) is 17.7 Å². The number of rotatable bonds is 19. The van der Waals surface area contributed by atoms with E-state index in [-0.39, 0.29) is 44.8 Å². The van der Waals surface area contributed by atoms with Crippen LogP contribution in [0.4, 0.5) is 18.0 Å². The second-order valence-corrected chi connectivity index (χ2v) is 12.1. The summed E-state index contributed by atoms with van der Waals surface area (Å²) in [4.78, 5) is 38.0. The molecule has 250 valence electrons. The van der Waals surface area contributed by atoms with Crippen molar-refractivity contribution in [2.24, 2.45) is 0 Å². The minimum atomic E-state index is -4.55. The molecule has 0 radical (unpaired) electrons. The first-order valence-electron chi connectivity index (χ1n) is 14.6. The van der Waals surface area contributed by atoms with Crippen molar-refractivity contribution in [3.63, 3.8) is 0 Å². The molecule has 0 aliphatic carbocycles. The predicted molar refractivity (Wildman–Crippen MR) is 160 cm³/mol. The van der Waals surface area contributed by atoms with Crippen molar-refractivity contribution < 1.29 is 51.0 Å². The molecule has 11 nitrogen and oxygen atoms in total. The van der Waals surface area contributed by atoms with Crippen LogP contribution in [0.25, 0.3) is 0 Å². The second kappa shape index (κ2) is 19.2. The lowest BCUT2D eigenvalue weighted by atomic mass is 10.0. The Kier molecular flexibility index (Phi) is 16.1. The number of ether oxygens (including phenoxy) is 1. The maximum atomic E-state index is 13.2. The van der Waals surface area contributed by atoms with Gasteiger partial charge in [0.2, 0.25) is 11.8 Å².